The average Bonchev–Trinajstić information content (AvgIpc) is 2.53. The predicted molar refractivity (Wildman–Crippen MR) is 83.7 cm³/mol. The second-order valence-electron chi connectivity index (χ2n) is 5.28. The first-order valence-electron chi connectivity index (χ1n) is 7.05. The van der Waals surface area contributed by atoms with E-state index < -0.39 is 11.5 Å². The number of nitriles is 1. The normalized spacial score (nSPS) is 16.1. The van der Waals surface area contributed by atoms with Crippen LogP contribution in [0.5, 0.6) is 17.2 Å². The zero-order chi connectivity index (χ0) is 17.4. The number of nitrogens with zero attached hydrogens (tertiary/aromatic N) is 1. The molecule has 1 aliphatic rings. The highest BCUT2D eigenvalue weighted by molar-refractivity contribution is 5.56. The fourth-order valence-electron chi connectivity index (χ4n) is 2.72. The molecule has 0 saturated heterocycles. The lowest BCUT2D eigenvalue weighted by molar-refractivity contribution is 0.367. The Balaban J connectivity index is 2.30. The maximum absolute atomic E-state index is 12.4. The smallest absolute Gasteiger partial charge is 0.343 e. The van der Waals surface area contributed by atoms with Crippen molar-refractivity contribution >= 4 is 0 Å². The molecule has 3 N–H and O–H groups in total. The number of hydrogen-bond acceptors (Lipinski definition) is 7. The molecule has 0 saturated carbocycles. The van der Waals surface area contributed by atoms with Crippen molar-refractivity contribution in [3.63, 3.8) is 0 Å². The monoisotopic (exact) mass is 326 g/mol. The van der Waals surface area contributed by atoms with E-state index in [2.05, 4.69) is 0 Å². The van der Waals surface area contributed by atoms with Gasteiger partial charge in [-0.15, -0.1) is 0 Å². The van der Waals surface area contributed by atoms with Crippen molar-refractivity contribution in [3.8, 4) is 23.3 Å². The molecule has 2 aromatic rings. The van der Waals surface area contributed by atoms with Crippen LogP contribution >= 0.6 is 0 Å². The number of aromatic hydroxyl groups is 1. The highest BCUT2D eigenvalue weighted by Gasteiger charge is 2.34. The van der Waals surface area contributed by atoms with E-state index in [1.807, 2.05) is 6.07 Å². The topological polar surface area (TPSA) is 119 Å². The lowest BCUT2D eigenvalue weighted by atomic mass is 9.84. The Hall–Kier alpha value is -3.40. The van der Waals surface area contributed by atoms with Crippen LogP contribution in [-0.4, -0.2) is 12.2 Å². The molecule has 3 rings (SSSR count). The minimum Gasteiger partial charge on any atom is -0.504 e. The van der Waals surface area contributed by atoms with E-state index in [1.165, 1.54) is 13.2 Å². The van der Waals surface area contributed by atoms with Crippen LogP contribution in [0.1, 0.15) is 22.8 Å². The molecule has 1 atom stereocenters. The van der Waals surface area contributed by atoms with Gasteiger partial charge in [-0.3, -0.25) is 0 Å². The summed E-state index contributed by atoms with van der Waals surface area (Å²) >= 11 is 0. The molecule has 0 fully saturated rings. The van der Waals surface area contributed by atoms with Crippen LogP contribution in [0.2, 0.25) is 0 Å². The van der Waals surface area contributed by atoms with Crippen LogP contribution in [0.25, 0.3) is 0 Å². The molecule has 0 aliphatic carbocycles. The number of fused-ring (bicyclic) bond motifs is 1. The van der Waals surface area contributed by atoms with Crippen molar-refractivity contribution in [3.05, 3.63) is 63.0 Å². The molecule has 1 aromatic heterocycles. The summed E-state index contributed by atoms with van der Waals surface area (Å²) in [6, 6.07) is 8.07. The van der Waals surface area contributed by atoms with Crippen LogP contribution in [0.4, 0.5) is 0 Å². The molecule has 7 nitrogen and oxygen atoms in total. The second kappa shape index (κ2) is 5.66. The van der Waals surface area contributed by atoms with Crippen molar-refractivity contribution in [1.82, 2.24) is 0 Å². The third-order valence-electron chi connectivity index (χ3n) is 3.79. The Morgan fingerprint density at radius 3 is 2.79 bits per heavy atom. The highest BCUT2D eigenvalue weighted by atomic mass is 16.5. The number of ether oxygens (including phenoxy) is 2. The van der Waals surface area contributed by atoms with Gasteiger partial charge in [0.25, 0.3) is 0 Å². The molecular weight excluding hydrogens is 312 g/mol. The number of phenols is 1. The van der Waals surface area contributed by atoms with Crippen molar-refractivity contribution < 1.29 is 19.0 Å². The van der Waals surface area contributed by atoms with Gasteiger partial charge in [0.1, 0.15) is 23.2 Å². The summed E-state index contributed by atoms with van der Waals surface area (Å²) in [6.45, 7) is 1.61. The summed E-state index contributed by atoms with van der Waals surface area (Å²) in [5.41, 5.74) is 6.06. The Morgan fingerprint density at radius 2 is 2.12 bits per heavy atom. The summed E-state index contributed by atoms with van der Waals surface area (Å²) < 4.78 is 15.7. The van der Waals surface area contributed by atoms with E-state index in [1.54, 1.807) is 25.1 Å². The van der Waals surface area contributed by atoms with Gasteiger partial charge in [0.15, 0.2) is 11.5 Å². The Bertz CT molecular complexity index is 952. The van der Waals surface area contributed by atoms with Crippen molar-refractivity contribution in [2.75, 3.05) is 7.11 Å². The van der Waals surface area contributed by atoms with Crippen molar-refractivity contribution in [2.24, 2.45) is 5.73 Å². The quantitative estimate of drug-likeness (QED) is 0.864. The SMILES string of the molecule is COc1cc([C@H]2C(C#N)=C(N)Oc3cc(C)oc(=O)c32)ccc1O. The summed E-state index contributed by atoms with van der Waals surface area (Å²) in [5, 5.41) is 19.2. The summed E-state index contributed by atoms with van der Waals surface area (Å²) in [4.78, 5) is 12.4. The van der Waals surface area contributed by atoms with Gasteiger partial charge < -0.3 is 24.7 Å². The molecule has 24 heavy (non-hydrogen) atoms. The molecule has 7 heteroatoms. The van der Waals surface area contributed by atoms with Gasteiger partial charge in [-0.1, -0.05) is 6.07 Å². The predicted octanol–water partition coefficient (Wildman–Crippen LogP) is 1.88. The van der Waals surface area contributed by atoms with Gasteiger partial charge in [-0.2, -0.15) is 5.26 Å². The lowest BCUT2D eigenvalue weighted by Gasteiger charge is -2.25. The molecule has 0 spiro atoms. The van der Waals surface area contributed by atoms with Crippen molar-refractivity contribution in [2.45, 2.75) is 12.8 Å². The lowest BCUT2D eigenvalue weighted by Crippen LogP contribution is -2.26. The van der Waals surface area contributed by atoms with Crippen molar-refractivity contribution in [1.29, 1.82) is 5.26 Å². The summed E-state index contributed by atoms with van der Waals surface area (Å²) in [7, 11) is 1.41. The fourth-order valence-corrected chi connectivity index (χ4v) is 2.72. The van der Waals surface area contributed by atoms with E-state index in [-0.39, 0.29) is 34.3 Å². The van der Waals surface area contributed by atoms with E-state index in [0.717, 1.165) is 0 Å². The number of allylic oxidation sites excluding steroid dienone is 1. The number of methoxy groups -OCH3 is 1. The van der Waals surface area contributed by atoms with E-state index in [0.29, 0.717) is 11.3 Å². The highest BCUT2D eigenvalue weighted by Crippen LogP contribution is 2.42. The van der Waals surface area contributed by atoms with Gasteiger partial charge >= 0.3 is 5.63 Å². The maximum Gasteiger partial charge on any atom is 0.343 e. The first kappa shape index (κ1) is 15.5. The zero-order valence-corrected chi connectivity index (χ0v) is 13.0. The minimum atomic E-state index is -0.773. The number of nitrogens with two attached hydrogens (primary N) is 1. The number of benzene rings is 1. The third-order valence-corrected chi connectivity index (χ3v) is 3.79. The molecule has 1 aliphatic heterocycles. The zero-order valence-electron chi connectivity index (χ0n) is 13.0. The van der Waals surface area contributed by atoms with Crippen LogP contribution in [0.15, 0.2) is 44.9 Å². The van der Waals surface area contributed by atoms with E-state index >= 15 is 0 Å². The Labute approximate surface area is 137 Å². The number of aryl methyl sites for hydroxylation is 1. The van der Waals surface area contributed by atoms with Crippen LogP contribution in [0, 0.1) is 18.3 Å². The maximum atomic E-state index is 12.4. The average molecular weight is 326 g/mol. The van der Waals surface area contributed by atoms with Crippen LogP contribution < -0.4 is 20.8 Å². The van der Waals surface area contributed by atoms with Crippen LogP contribution in [0.3, 0.4) is 0 Å². The third kappa shape index (κ3) is 2.34. The standard InChI is InChI=1S/C17H14N2O5/c1-8-5-13-15(17(21)23-8)14(10(7-18)16(19)24-13)9-3-4-11(20)12(6-9)22-2/h3-6,14,20H,19H2,1-2H3/t14-/m0/s1. The second-order valence-corrected chi connectivity index (χ2v) is 5.28. The molecule has 0 unspecified atom stereocenters. The number of hydrogen-bond donors (Lipinski definition) is 2. The number of phenolic OH excluding ortho intramolecular Hbond substituents is 1. The summed E-state index contributed by atoms with van der Waals surface area (Å²) in [6.07, 6.45) is 0. The summed E-state index contributed by atoms with van der Waals surface area (Å²) in [5.74, 6) is -0.0729. The fraction of sp³-hybridized carbons (Fsp3) is 0.176. The largest absolute Gasteiger partial charge is 0.504 e. The molecule has 0 bridgehead atoms. The minimum absolute atomic E-state index is 0.0556. The van der Waals surface area contributed by atoms with Gasteiger partial charge in [-0.05, 0) is 24.6 Å². The van der Waals surface area contributed by atoms with Gasteiger partial charge in [0.2, 0.25) is 5.88 Å². The Morgan fingerprint density at radius 1 is 1.38 bits per heavy atom. The molecule has 0 amide bonds. The first-order chi connectivity index (χ1) is 11.5. The molecular formula is C17H14N2O5. The van der Waals surface area contributed by atoms with Gasteiger partial charge in [0, 0.05) is 6.07 Å². The van der Waals surface area contributed by atoms with Gasteiger partial charge in [0.05, 0.1) is 18.6 Å². The van der Waals surface area contributed by atoms with Gasteiger partial charge in [-0.25, -0.2) is 4.79 Å². The molecule has 122 valence electrons. The number of rotatable bonds is 2. The van der Waals surface area contributed by atoms with E-state index in [4.69, 9.17) is 19.6 Å². The molecule has 2 heterocycles. The molecule has 1 aromatic carbocycles. The Kier molecular flexibility index (Phi) is 3.66. The first-order valence-corrected chi connectivity index (χ1v) is 7.05. The molecule has 0 radical (unpaired) electrons. The van der Waals surface area contributed by atoms with Crippen LogP contribution in [-0.2, 0) is 0 Å². The van der Waals surface area contributed by atoms with E-state index in [9.17, 15) is 15.2 Å².